The number of sulfone groups is 3. The minimum Gasteiger partial charge on any atom is -0.328 e. The van der Waals surface area contributed by atoms with Crippen LogP contribution in [0.5, 0.6) is 0 Å². The lowest BCUT2D eigenvalue weighted by Crippen LogP contribution is -2.36. The van der Waals surface area contributed by atoms with Crippen LogP contribution in [0, 0.1) is 0 Å². The van der Waals surface area contributed by atoms with Crippen LogP contribution in [0.1, 0.15) is 24.3 Å². The van der Waals surface area contributed by atoms with Gasteiger partial charge in [0.15, 0.2) is 9.84 Å². The summed E-state index contributed by atoms with van der Waals surface area (Å²) < 4.78 is 71.8. The minimum atomic E-state index is -3.40. The quantitative estimate of drug-likeness (QED) is 0.248. The van der Waals surface area contributed by atoms with Crippen LogP contribution >= 0.6 is 0 Å². The molecule has 1 fully saturated rings. The van der Waals surface area contributed by atoms with Crippen LogP contribution in [0.2, 0.25) is 0 Å². The van der Waals surface area contributed by atoms with Crippen molar-refractivity contribution in [1.29, 1.82) is 0 Å². The number of hydrogen-bond donors (Lipinski definition) is 1. The Hall–Kier alpha value is -3.59. The molecular weight excluding hydrogens is 649 g/mol. The second kappa shape index (κ2) is 13.3. The molecule has 2 aromatic carbocycles. The van der Waals surface area contributed by atoms with Gasteiger partial charge in [-0.15, -0.1) is 0 Å². The largest absolute Gasteiger partial charge is 0.328 e. The summed E-state index contributed by atoms with van der Waals surface area (Å²) in [4.78, 5) is 24.8. The third kappa shape index (κ3) is 8.41. The molecule has 1 saturated heterocycles. The molecule has 1 N–H and O–H groups in total. The van der Waals surface area contributed by atoms with E-state index in [2.05, 4.69) is 9.88 Å². The first-order valence-electron chi connectivity index (χ1n) is 14.9. The summed E-state index contributed by atoms with van der Waals surface area (Å²) in [6.07, 6.45) is 6.87. The third-order valence-corrected chi connectivity index (χ3v) is 11.3. The fourth-order valence-corrected chi connectivity index (χ4v) is 7.47. The van der Waals surface area contributed by atoms with Crippen LogP contribution in [-0.2, 0) is 29.5 Å². The molecule has 0 saturated carbocycles. The summed E-state index contributed by atoms with van der Waals surface area (Å²) in [5.41, 5.74) is 2.56. The molecule has 0 unspecified atom stereocenters. The van der Waals surface area contributed by atoms with Gasteiger partial charge in [-0.1, -0.05) is 24.3 Å². The number of nitrogens with one attached hydrogen (secondary N) is 1. The number of nitrogens with zero attached hydrogens (tertiary/aromatic N) is 3. The van der Waals surface area contributed by atoms with Crippen molar-refractivity contribution < 1.29 is 25.3 Å². The predicted molar refractivity (Wildman–Crippen MR) is 182 cm³/mol. The van der Waals surface area contributed by atoms with Gasteiger partial charge in [0.05, 0.1) is 27.5 Å². The smallest absolute Gasteiger partial charge is 0.259 e. The fraction of sp³-hybridized carbons (Fsp3) is 0.375. The number of benzene rings is 2. The van der Waals surface area contributed by atoms with Crippen molar-refractivity contribution in [2.75, 3.05) is 61.4 Å². The molecule has 0 aliphatic carbocycles. The molecule has 246 valence electrons. The number of pyridine rings is 2. The first-order chi connectivity index (χ1) is 21.6. The molecule has 1 aliphatic heterocycles. The average Bonchev–Trinajstić information content (AvgIpc) is 2.99. The SMILES string of the molecule is CS(=O)(=O)CCN1CCC(c2ccc(N(CCS(C)(=O)=O)c3nc(-c4ccc(S(C)(=O)=O)cc4)cc4cc[nH]c(=O)c34)cc2)CC1. The summed E-state index contributed by atoms with van der Waals surface area (Å²) in [6, 6.07) is 17.7. The molecule has 0 amide bonds. The molecule has 2 aromatic heterocycles. The lowest BCUT2D eigenvalue weighted by Gasteiger charge is -2.32. The Morgan fingerprint density at radius 2 is 1.48 bits per heavy atom. The van der Waals surface area contributed by atoms with Crippen LogP contribution in [0.25, 0.3) is 22.0 Å². The van der Waals surface area contributed by atoms with E-state index in [0.717, 1.165) is 44.0 Å². The van der Waals surface area contributed by atoms with Crippen LogP contribution in [-0.4, -0.2) is 96.6 Å². The molecule has 0 spiro atoms. The maximum Gasteiger partial charge on any atom is 0.259 e. The van der Waals surface area contributed by atoms with E-state index in [0.29, 0.717) is 40.2 Å². The van der Waals surface area contributed by atoms with Gasteiger partial charge < -0.3 is 14.8 Å². The van der Waals surface area contributed by atoms with E-state index in [1.54, 1.807) is 29.2 Å². The van der Waals surface area contributed by atoms with Crippen molar-refractivity contribution in [3.8, 4) is 11.3 Å². The number of piperidine rings is 1. The first-order valence-corrected chi connectivity index (χ1v) is 20.9. The van der Waals surface area contributed by atoms with Gasteiger partial charge in [-0.3, -0.25) is 4.79 Å². The van der Waals surface area contributed by atoms with Gasteiger partial charge in [0.2, 0.25) is 0 Å². The number of hydrogen-bond acceptors (Lipinski definition) is 10. The Morgan fingerprint density at radius 3 is 2.07 bits per heavy atom. The fourth-order valence-electron chi connectivity index (χ4n) is 5.74. The number of likely N-dealkylation sites (tertiary alicyclic amines) is 1. The van der Waals surface area contributed by atoms with E-state index in [9.17, 15) is 30.0 Å². The lowest BCUT2D eigenvalue weighted by molar-refractivity contribution is 0.223. The Balaban J connectivity index is 1.51. The van der Waals surface area contributed by atoms with Gasteiger partial charge in [0.25, 0.3) is 5.56 Å². The van der Waals surface area contributed by atoms with E-state index in [1.165, 1.54) is 24.6 Å². The Morgan fingerprint density at radius 1 is 0.848 bits per heavy atom. The van der Waals surface area contributed by atoms with E-state index in [4.69, 9.17) is 4.98 Å². The maximum atomic E-state index is 13.2. The van der Waals surface area contributed by atoms with Crippen LogP contribution in [0.15, 0.2) is 76.6 Å². The van der Waals surface area contributed by atoms with Gasteiger partial charge in [0, 0.05) is 49.3 Å². The molecule has 11 nitrogen and oxygen atoms in total. The first kappa shape index (κ1) is 33.8. The average molecular weight is 687 g/mol. The second-order valence-electron chi connectivity index (χ2n) is 12.0. The monoisotopic (exact) mass is 686 g/mol. The molecule has 0 atom stereocenters. The number of anilines is 2. The summed E-state index contributed by atoms with van der Waals surface area (Å²) in [5.74, 6) is 0.557. The van der Waals surface area contributed by atoms with Crippen molar-refractivity contribution in [2.24, 2.45) is 0 Å². The zero-order valence-corrected chi connectivity index (χ0v) is 28.5. The highest BCUT2D eigenvalue weighted by Crippen LogP contribution is 2.35. The van der Waals surface area contributed by atoms with E-state index in [-0.39, 0.29) is 34.3 Å². The lowest BCUT2D eigenvalue weighted by atomic mass is 9.89. The van der Waals surface area contributed by atoms with Gasteiger partial charge in [0.1, 0.15) is 25.5 Å². The van der Waals surface area contributed by atoms with Crippen molar-refractivity contribution in [3.63, 3.8) is 0 Å². The van der Waals surface area contributed by atoms with Crippen LogP contribution in [0.4, 0.5) is 11.5 Å². The molecule has 5 rings (SSSR count). The minimum absolute atomic E-state index is 0.0454. The van der Waals surface area contributed by atoms with E-state index < -0.39 is 29.5 Å². The number of fused-ring (bicyclic) bond motifs is 1. The van der Waals surface area contributed by atoms with Gasteiger partial charge in [-0.25, -0.2) is 30.2 Å². The Labute approximate surface area is 270 Å². The second-order valence-corrected chi connectivity index (χ2v) is 18.6. The molecule has 0 bridgehead atoms. The van der Waals surface area contributed by atoms with Gasteiger partial charge in [-0.05, 0) is 79.2 Å². The van der Waals surface area contributed by atoms with Crippen molar-refractivity contribution >= 4 is 51.8 Å². The standard InChI is InChI=1S/C32H38N4O7S3/c1-44(38,39)20-18-35-16-13-24(14-17-35)23-4-8-27(9-5-23)36(19-21-45(2,40)41)31-30-26(12-15-33-32(30)37)22-29(34-31)25-6-10-28(11-7-25)46(3,42)43/h4-12,15,22,24H,13-14,16-21H2,1-3H3,(H,33,37). The molecular formula is C32H38N4O7S3. The zero-order valence-electron chi connectivity index (χ0n) is 26.0. The Bertz CT molecular complexity index is 2110. The molecule has 1 aliphatic rings. The van der Waals surface area contributed by atoms with E-state index in [1.807, 2.05) is 24.3 Å². The molecule has 0 radical (unpaired) electrons. The van der Waals surface area contributed by atoms with Crippen LogP contribution < -0.4 is 10.5 Å². The Kier molecular flexibility index (Phi) is 9.73. The molecule has 4 aromatic rings. The number of aromatic amines is 1. The topological polar surface area (TPSA) is 155 Å². The number of aromatic nitrogens is 2. The van der Waals surface area contributed by atoms with Crippen molar-refractivity contribution in [1.82, 2.24) is 14.9 Å². The van der Waals surface area contributed by atoms with Gasteiger partial charge >= 0.3 is 0 Å². The summed E-state index contributed by atoms with van der Waals surface area (Å²) in [7, 11) is -9.79. The highest BCUT2D eigenvalue weighted by Gasteiger charge is 2.24. The van der Waals surface area contributed by atoms with E-state index >= 15 is 0 Å². The highest BCUT2D eigenvalue weighted by molar-refractivity contribution is 7.91. The number of rotatable bonds is 11. The van der Waals surface area contributed by atoms with Crippen molar-refractivity contribution in [2.45, 2.75) is 23.7 Å². The normalized spacial score (nSPS) is 15.3. The molecule has 46 heavy (non-hydrogen) atoms. The highest BCUT2D eigenvalue weighted by atomic mass is 32.2. The van der Waals surface area contributed by atoms with Gasteiger partial charge in [-0.2, -0.15) is 0 Å². The maximum absolute atomic E-state index is 13.2. The molecule has 3 heterocycles. The third-order valence-electron chi connectivity index (χ3n) is 8.30. The van der Waals surface area contributed by atoms with Crippen molar-refractivity contribution in [3.05, 3.63) is 82.8 Å². The van der Waals surface area contributed by atoms with Crippen LogP contribution in [0.3, 0.4) is 0 Å². The number of H-pyrrole nitrogens is 1. The summed E-state index contributed by atoms with van der Waals surface area (Å²) in [5, 5.41) is 0.901. The zero-order chi connectivity index (χ0) is 33.3. The summed E-state index contributed by atoms with van der Waals surface area (Å²) >= 11 is 0. The summed E-state index contributed by atoms with van der Waals surface area (Å²) in [6.45, 7) is 2.18. The predicted octanol–water partition coefficient (Wildman–Crippen LogP) is 3.40. The molecule has 14 heteroatoms.